The van der Waals surface area contributed by atoms with Crippen molar-refractivity contribution in [3.63, 3.8) is 0 Å². The van der Waals surface area contributed by atoms with Gasteiger partial charge in [-0.1, -0.05) is 0 Å². The molecule has 0 saturated carbocycles. The molecule has 1 heterocycles. The van der Waals surface area contributed by atoms with E-state index in [0.717, 1.165) is 0 Å². The Labute approximate surface area is 78.1 Å². The zero-order valence-corrected chi connectivity index (χ0v) is 7.14. The molecule has 1 aromatic rings. The maximum absolute atomic E-state index is 11.2. The van der Waals surface area contributed by atoms with Crippen LogP contribution in [0.3, 0.4) is 0 Å². The highest BCUT2D eigenvalue weighted by Crippen LogP contribution is 1.92. The first kappa shape index (κ1) is 9.96. The summed E-state index contributed by atoms with van der Waals surface area (Å²) in [4.78, 5) is 21.4. The molecule has 0 aliphatic rings. The number of nitrogens with zero attached hydrogens (tertiary/aromatic N) is 3. The largest absolute Gasteiger partial charge is 0.550 e. The van der Waals surface area contributed by atoms with Crippen molar-refractivity contribution in [2.24, 2.45) is 0 Å². The predicted molar refractivity (Wildman–Crippen MR) is 44.2 cm³/mol. The minimum atomic E-state index is -1.27. The van der Waals surface area contributed by atoms with E-state index in [9.17, 15) is 14.7 Å². The molecule has 0 atom stereocenters. The Hall–Kier alpha value is -2.12. The summed E-state index contributed by atoms with van der Waals surface area (Å²) in [6.45, 7) is 0. The molecule has 0 fully saturated rings. The van der Waals surface area contributed by atoms with E-state index in [0.29, 0.717) is 4.68 Å². The van der Waals surface area contributed by atoms with Crippen LogP contribution in [0.1, 0.15) is 12.1 Å². The van der Waals surface area contributed by atoms with Crippen molar-refractivity contribution in [1.29, 1.82) is 0 Å². The van der Waals surface area contributed by atoms with Crippen LogP contribution in [0.4, 0.5) is 5.95 Å². The van der Waals surface area contributed by atoms with Gasteiger partial charge in [0.15, 0.2) is 0 Å². The summed E-state index contributed by atoms with van der Waals surface area (Å²) < 4.78 is 0.609. The lowest BCUT2D eigenvalue weighted by Crippen LogP contribution is -2.35. The second-order valence-electron chi connectivity index (χ2n) is 2.55. The Morgan fingerprint density at radius 3 is 2.71 bits per heavy atom. The Balaban J connectivity index is 2.95. The molecule has 0 spiro atoms. The number of aryl methyl sites for hydroxylation is 1. The summed E-state index contributed by atoms with van der Waals surface area (Å²) in [5, 5.41) is 16.9. The number of carbonyl (C=O) groups excluding carboxylic acids is 1. The van der Waals surface area contributed by atoms with Crippen molar-refractivity contribution >= 4 is 11.9 Å². The lowest BCUT2D eigenvalue weighted by molar-refractivity contribution is -0.305. The van der Waals surface area contributed by atoms with Crippen LogP contribution in [0.5, 0.6) is 0 Å². The summed E-state index contributed by atoms with van der Waals surface area (Å²) in [6.07, 6.45) is -0.389. The lowest BCUT2D eigenvalue weighted by atomic mass is 10.2. The van der Waals surface area contributed by atoms with Crippen molar-refractivity contribution in [3.8, 4) is 0 Å². The van der Waals surface area contributed by atoms with E-state index in [4.69, 9.17) is 11.6 Å². The summed E-state index contributed by atoms with van der Waals surface area (Å²) >= 11 is 0. The van der Waals surface area contributed by atoms with Crippen molar-refractivity contribution in [2.75, 3.05) is 11.6 Å². The highest BCUT2D eigenvalue weighted by atomic mass is 16.4. The molecule has 1 rings (SSSR count). The minimum Gasteiger partial charge on any atom is -0.550 e. The second kappa shape index (κ2) is 3.73. The zero-order valence-electron chi connectivity index (χ0n) is 7.14. The molecule has 4 N–H and O–H groups in total. The number of carboxylic acids is 1. The van der Waals surface area contributed by atoms with Crippen LogP contribution in [0, 0.1) is 0 Å². The Kier molecular flexibility index (Phi) is 2.65. The van der Waals surface area contributed by atoms with Crippen molar-refractivity contribution in [1.82, 2.24) is 14.9 Å². The normalized spacial score (nSPS) is 10.0. The number of nitrogen functional groups attached to an aromatic ring is 2. The standard InChI is InChI=1S/C6H9N5O3/c7-6-10-9-3(1-2-4(12)13)5(14)11(6)8/h1-2,8H2,(H2,7,10)(H,12,13)/p-1. The molecule has 0 bridgehead atoms. The first-order chi connectivity index (χ1) is 6.52. The van der Waals surface area contributed by atoms with Crippen LogP contribution in [0.2, 0.25) is 0 Å². The fourth-order valence-corrected chi connectivity index (χ4v) is 0.823. The average Bonchev–Trinajstić information content (AvgIpc) is 2.13. The Bertz CT molecular complexity index is 412. The van der Waals surface area contributed by atoms with Crippen LogP contribution in [0.15, 0.2) is 4.79 Å². The third-order valence-electron chi connectivity index (χ3n) is 1.55. The highest BCUT2D eigenvalue weighted by molar-refractivity contribution is 5.64. The number of hydrogen-bond donors (Lipinski definition) is 2. The number of hydrogen-bond acceptors (Lipinski definition) is 7. The minimum absolute atomic E-state index is 0.0501. The zero-order chi connectivity index (χ0) is 10.7. The molecule has 76 valence electrons. The molecule has 8 heteroatoms. The van der Waals surface area contributed by atoms with E-state index in [1.165, 1.54) is 0 Å². The van der Waals surface area contributed by atoms with Gasteiger partial charge >= 0.3 is 0 Å². The molecule has 0 amide bonds. The molecule has 0 radical (unpaired) electrons. The van der Waals surface area contributed by atoms with Crippen LogP contribution in [-0.4, -0.2) is 20.8 Å². The monoisotopic (exact) mass is 198 g/mol. The number of aromatic nitrogens is 3. The molecule has 0 unspecified atom stereocenters. The maximum atomic E-state index is 11.2. The molecule has 0 aromatic carbocycles. The summed E-state index contributed by atoms with van der Waals surface area (Å²) in [6, 6.07) is 0. The molecular formula is C6H8N5O3-. The van der Waals surface area contributed by atoms with Gasteiger partial charge in [0.25, 0.3) is 5.56 Å². The van der Waals surface area contributed by atoms with Gasteiger partial charge in [-0.05, 0) is 6.42 Å². The van der Waals surface area contributed by atoms with Crippen molar-refractivity contribution < 1.29 is 9.90 Å². The van der Waals surface area contributed by atoms with E-state index in [2.05, 4.69) is 10.2 Å². The van der Waals surface area contributed by atoms with Gasteiger partial charge in [0.2, 0.25) is 5.95 Å². The molecule has 14 heavy (non-hydrogen) atoms. The van der Waals surface area contributed by atoms with Crippen LogP contribution >= 0.6 is 0 Å². The van der Waals surface area contributed by atoms with Gasteiger partial charge in [0, 0.05) is 12.4 Å². The van der Waals surface area contributed by atoms with E-state index in [-0.39, 0.29) is 24.5 Å². The number of anilines is 1. The van der Waals surface area contributed by atoms with Crippen molar-refractivity contribution in [3.05, 3.63) is 16.0 Å². The lowest BCUT2D eigenvalue weighted by Gasteiger charge is -2.03. The molecule has 0 saturated heterocycles. The fourth-order valence-electron chi connectivity index (χ4n) is 0.823. The van der Waals surface area contributed by atoms with E-state index >= 15 is 0 Å². The third kappa shape index (κ3) is 1.97. The predicted octanol–water partition coefficient (Wildman–Crippen LogP) is -3.38. The van der Waals surface area contributed by atoms with E-state index in [1.54, 1.807) is 0 Å². The first-order valence-electron chi connectivity index (χ1n) is 3.71. The Morgan fingerprint density at radius 1 is 1.50 bits per heavy atom. The highest BCUT2D eigenvalue weighted by Gasteiger charge is 2.07. The number of nitrogens with two attached hydrogens (primary N) is 2. The average molecular weight is 198 g/mol. The molecule has 1 aromatic heterocycles. The summed E-state index contributed by atoms with van der Waals surface area (Å²) in [5.74, 6) is 3.70. The van der Waals surface area contributed by atoms with E-state index in [1.807, 2.05) is 0 Å². The quantitative estimate of drug-likeness (QED) is 0.482. The van der Waals surface area contributed by atoms with Gasteiger partial charge in [-0.3, -0.25) is 4.79 Å². The molecule has 8 nitrogen and oxygen atoms in total. The number of aliphatic carboxylic acids is 1. The van der Waals surface area contributed by atoms with Crippen LogP contribution < -0.4 is 22.2 Å². The van der Waals surface area contributed by atoms with Crippen LogP contribution in [-0.2, 0) is 11.2 Å². The van der Waals surface area contributed by atoms with Crippen LogP contribution in [0.25, 0.3) is 0 Å². The summed E-state index contributed by atoms with van der Waals surface area (Å²) in [7, 11) is 0. The first-order valence-corrected chi connectivity index (χ1v) is 3.71. The maximum Gasteiger partial charge on any atom is 0.295 e. The van der Waals surface area contributed by atoms with Gasteiger partial charge in [-0.2, -0.15) is 4.68 Å². The molecule has 0 aliphatic heterocycles. The Morgan fingerprint density at radius 2 is 2.14 bits per heavy atom. The van der Waals surface area contributed by atoms with Gasteiger partial charge in [-0.15, -0.1) is 10.2 Å². The molecule has 0 aliphatic carbocycles. The van der Waals surface area contributed by atoms with Gasteiger partial charge in [0.05, 0.1) is 0 Å². The van der Waals surface area contributed by atoms with Gasteiger partial charge in [0.1, 0.15) is 5.69 Å². The smallest absolute Gasteiger partial charge is 0.295 e. The van der Waals surface area contributed by atoms with Crippen molar-refractivity contribution in [2.45, 2.75) is 12.8 Å². The van der Waals surface area contributed by atoms with Gasteiger partial charge < -0.3 is 21.5 Å². The summed E-state index contributed by atoms with van der Waals surface area (Å²) in [5.41, 5.74) is 4.48. The van der Waals surface area contributed by atoms with E-state index < -0.39 is 11.5 Å². The SMILES string of the molecule is Nc1nnc(CCC(=O)[O-])c(=O)n1N. The molecular weight excluding hydrogens is 190 g/mol. The number of rotatable bonds is 3. The number of carboxylic acid groups (broad SMARTS) is 1. The third-order valence-corrected chi connectivity index (χ3v) is 1.55. The van der Waals surface area contributed by atoms with Gasteiger partial charge in [-0.25, -0.2) is 0 Å². The number of carbonyl (C=O) groups is 1. The topological polar surface area (TPSA) is 140 Å². The second-order valence-corrected chi connectivity index (χ2v) is 2.55. The fraction of sp³-hybridized carbons (Fsp3) is 0.333.